The second kappa shape index (κ2) is 5.30. The molecule has 0 saturated carbocycles. The van der Waals surface area contributed by atoms with E-state index in [0.717, 1.165) is 5.69 Å². The number of carboxylic acid groups (broad SMARTS) is 1. The number of benzene rings is 1. The summed E-state index contributed by atoms with van der Waals surface area (Å²) in [6, 6.07) is 13.4. The van der Waals surface area contributed by atoms with Crippen molar-refractivity contribution in [3.63, 3.8) is 0 Å². The van der Waals surface area contributed by atoms with Crippen LogP contribution >= 0.6 is 0 Å². The predicted molar refractivity (Wildman–Crippen MR) is 70.4 cm³/mol. The second-order valence-corrected chi connectivity index (χ2v) is 3.91. The number of amides is 1. The Morgan fingerprint density at radius 2 is 1.63 bits per heavy atom. The van der Waals surface area contributed by atoms with Gasteiger partial charge in [-0.05, 0) is 24.3 Å². The molecular weight excluding hydrogens is 244 g/mol. The smallest absolute Gasteiger partial charge is 0.354 e. The summed E-state index contributed by atoms with van der Waals surface area (Å²) >= 11 is 0. The molecule has 0 radical (unpaired) electrons. The van der Waals surface area contributed by atoms with Crippen LogP contribution in [0.15, 0.2) is 48.5 Å². The van der Waals surface area contributed by atoms with E-state index in [1.165, 1.54) is 23.1 Å². The molecule has 0 aliphatic heterocycles. The van der Waals surface area contributed by atoms with Crippen LogP contribution in [0.25, 0.3) is 0 Å². The molecule has 96 valence electrons. The Balaban J connectivity index is 2.29. The maximum absolute atomic E-state index is 12.2. The number of aromatic nitrogens is 1. The molecule has 19 heavy (non-hydrogen) atoms. The average molecular weight is 256 g/mol. The highest BCUT2D eigenvalue weighted by molar-refractivity contribution is 6.04. The van der Waals surface area contributed by atoms with Crippen molar-refractivity contribution >= 4 is 17.6 Å². The fraction of sp³-hybridized carbons (Fsp3) is 0.0714. The molecule has 0 fully saturated rings. The predicted octanol–water partition coefficient (Wildman–Crippen LogP) is 2.06. The fourth-order valence-corrected chi connectivity index (χ4v) is 1.61. The first-order chi connectivity index (χ1) is 9.09. The lowest BCUT2D eigenvalue weighted by Crippen LogP contribution is -2.27. The molecular formula is C14H12N2O3. The van der Waals surface area contributed by atoms with Gasteiger partial charge in [-0.1, -0.05) is 24.3 Å². The van der Waals surface area contributed by atoms with Crippen LogP contribution in [0.3, 0.4) is 0 Å². The van der Waals surface area contributed by atoms with Gasteiger partial charge in [0.15, 0.2) is 0 Å². The molecule has 5 heteroatoms. The molecule has 0 unspecified atom stereocenters. The quantitative estimate of drug-likeness (QED) is 0.912. The molecule has 1 aromatic heterocycles. The Hall–Kier alpha value is -2.69. The van der Waals surface area contributed by atoms with Crippen molar-refractivity contribution < 1.29 is 14.7 Å². The number of carboxylic acids is 1. The van der Waals surface area contributed by atoms with Gasteiger partial charge in [-0.15, -0.1) is 0 Å². The fourth-order valence-electron chi connectivity index (χ4n) is 1.61. The highest BCUT2D eigenvalue weighted by Crippen LogP contribution is 2.14. The lowest BCUT2D eigenvalue weighted by Gasteiger charge is -2.16. The van der Waals surface area contributed by atoms with Crippen LogP contribution in [-0.4, -0.2) is 29.0 Å². The number of pyridine rings is 1. The van der Waals surface area contributed by atoms with Crippen LogP contribution in [0.1, 0.15) is 21.0 Å². The third-order valence-corrected chi connectivity index (χ3v) is 2.64. The molecule has 2 aromatic rings. The van der Waals surface area contributed by atoms with Gasteiger partial charge in [0, 0.05) is 12.7 Å². The van der Waals surface area contributed by atoms with E-state index in [-0.39, 0.29) is 17.3 Å². The highest BCUT2D eigenvalue weighted by Gasteiger charge is 2.16. The number of carbonyl (C=O) groups excluding carboxylic acids is 1. The summed E-state index contributed by atoms with van der Waals surface area (Å²) in [5.41, 5.74) is 0.675. The minimum absolute atomic E-state index is 0.103. The van der Waals surface area contributed by atoms with Gasteiger partial charge in [0.1, 0.15) is 11.4 Å². The number of anilines is 1. The van der Waals surface area contributed by atoms with Gasteiger partial charge in [-0.3, -0.25) is 4.79 Å². The van der Waals surface area contributed by atoms with E-state index in [1.807, 2.05) is 18.2 Å². The monoisotopic (exact) mass is 256 g/mol. The van der Waals surface area contributed by atoms with Crippen molar-refractivity contribution in [1.82, 2.24) is 4.98 Å². The summed E-state index contributed by atoms with van der Waals surface area (Å²) in [5, 5.41) is 8.86. The van der Waals surface area contributed by atoms with Crippen LogP contribution in [-0.2, 0) is 0 Å². The number of nitrogens with zero attached hydrogens (tertiary/aromatic N) is 2. The Morgan fingerprint density at radius 1 is 1.00 bits per heavy atom. The topological polar surface area (TPSA) is 70.5 Å². The zero-order valence-corrected chi connectivity index (χ0v) is 10.3. The standard InChI is InChI=1S/C14H12N2O3/c1-16(10-6-3-2-4-7-10)13(17)11-8-5-9-12(15-11)14(18)19/h2-9H,1H3,(H,18,19). The number of aromatic carboxylic acids is 1. The normalized spacial score (nSPS) is 9.95. The zero-order chi connectivity index (χ0) is 13.8. The SMILES string of the molecule is CN(C(=O)c1cccc(C(=O)O)n1)c1ccccc1. The average Bonchev–Trinajstić information content (AvgIpc) is 2.46. The van der Waals surface area contributed by atoms with E-state index in [2.05, 4.69) is 4.98 Å². The Kier molecular flexibility index (Phi) is 3.56. The van der Waals surface area contributed by atoms with Crippen LogP contribution in [0.5, 0.6) is 0 Å². The molecule has 2 rings (SSSR count). The van der Waals surface area contributed by atoms with Crippen LogP contribution in [0.4, 0.5) is 5.69 Å². The van der Waals surface area contributed by atoms with Crippen molar-refractivity contribution in [1.29, 1.82) is 0 Å². The number of rotatable bonds is 3. The van der Waals surface area contributed by atoms with E-state index >= 15 is 0 Å². The minimum atomic E-state index is -1.16. The largest absolute Gasteiger partial charge is 0.477 e. The minimum Gasteiger partial charge on any atom is -0.477 e. The van der Waals surface area contributed by atoms with Gasteiger partial charge in [0.2, 0.25) is 0 Å². The lowest BCUT2D eigenvalue weighted by atomic mass is 10.2. The summed E-state index contributed by atoms with van der Waals surface area (Å²) in [6.07, 6.45) is 0. The molecule has 1 N–H and O–H groups in total. The molecule has 1 heterocycles. The first-order valence-corrected chi connectivity index (χ1v) is 5.63. The number of para-hydroxylation sites is 1. The third-order valence-electron chi connectivity index (χ3n) is 2.64. The zero-order valence-electron chi connectivity index (χ0n) is 10.3. The molecule has 1 amide bonds. The first-order valence-electron chi connectivity index (χ1n) is 5.63. The number of hydrogen-bond donors (Lipinski definition) is 1. The van der Waals surface area contributed by atoms with Crippen molar-refractivity contribution in [2.24, 2.45) is 0 Å². The molecule has 0 aliphatic carbocycles. The highest BCUT2D eigenvalue weighted by atomic mass is 16.4. The molecule has 0 atom stereocenters. The van der Waals surface area contributed by atoms with Crippen LogP contribution in [0, 0.1) is 0 Å². The second-order valence-electron chi connectivity index (χ2n) is 3.91. The summed E-state index contributed by atoms with van der Waals surface area (Å²) in [7, 11) is 1.62. The Morgan fingerprint density at radius 3 is 2.26 bits per heavy atom. The Labute approximate surface area is 110 Å². The lowest BCUT2D eigenvalue weighted by molar-refractivity contribution is 0.0690. The van der Waals surface area contributed by atoms with Crippen LogP contribution < -0.4 is 4.90 Å². The Bertz CT molecular complexity index is 611. The van der Waals surface area contributed by atoms with Gasteiger partial charge in [0.25, 0.3) is 5.91 Å². The van der Waals surface area contributed by atoms with Crippen molar-refractivity contribution in [3.05, 3.63) is 59.9 Å². The van der Waals surface area contributed by atoms with Gasteiger partial charge in [-0.2, -0.15) is 0 Å². The summed E-state index contributed by atoms with van der Waals surface area (Å²) in [5.74, 6) is -1.51. The maximum Gasteiger partial charge on any atom is 0.354 e. The molecule has 0 saturated heterocycles. The molecule has 5 nitrogen and oxygen atoms in total. The van der Waals surface area contributed by atoms with Crippen molar-refractivity contribution in [2.45, 2.75) is 0 Å². The van der Waals surface area contributed by atoms with Gasteiger partial charge in [-0.25, -0.2) is 9.78 Å². The van der Waals surface area contributed by atoms with Crippen LogP contribution in [0.2, 0.25) is 0 Å². The van der Waals surface area contributed by atoms with Crippen molar-refractivity contribution in [2.75, 3.05) is 11.9 Å². The van der Waals surface area contributed by atoms with E-state index in [0.29, 0.717) is 0 Å². The van der Waals surface area contributed by atoms with Crippen molar-refractivity contribution in [3.8, 4) is 0 Å². The van der Waals surface area contributed by atoms with E-state index in [4.69, 9.17) is 5.11 Å². The first kappa shape index (κ1) is 12.8. The number of carbonyl (C=O) groups is 2. The van der Waals surface area contributed by atoms with Gasteiger partial charge >= 0.3 is 5.97 Å². The molecule has 0 spiro atoms. The third kappa shape index (κ3) is 2.77. The summed E-state index contributed by atoms with van der Waals surface area (Å²) in [6.45, 7) is 0. The maximum atomic E-state index is 12.2. The molecule has 1 aromatic carbocycles. The summed E-state index contributed by atoms with van der Waals surface area (Å²) in [4.78, 5) is 28.3. The van der Waals surface area contributed by atoms with Gasteiger partial charge in [0.05, 0.1) is 0 Å². The van der Waals surface area contributed by atoms with Gasteiger partial charge < -0.3 is 10.0 Å². The van der Waals surface area contributed by atoms with E-state index in [9.17, 15) is 9.59 Å². The number of hydrogen-bond acceptors (Lipinski definition) is 3. The van der Waals surface area contributed by atoms with E-state index in [1.54, 1.807) is 19.2 Å². The summed E-state index contributed by atoms with van der Waals surface area (Å²) < 4.78 is 0. The van der Waals surface area contributed by atoms with E-state index < -0.39 is 5.97 Å². The molecule has 0 aliphatic rings. The molecule has 0 bridgehead atoms.